The smallest absolute Gasteiger partial charge is 0.316 e. The Hall–Kier alpha value is -2.58. The van der Waals surface area contributed by atoms with Crippen molar-refractivity contribution in [2.24, 2.45) is 0 Å². The van der Waals surface area contributed by atoms with Crippen molar-refractivity contribution in [1.82, 2.24) is 19.7 Å². The van der Waals surface area contributed by atoms with Gasteiger partial charge in [0.2, 0.25) is 10.0 Å². The average molecular weight is 398 g/mol. The summed E-state index contributed by atoms with van der Waals surface area (Å²) in [5.74, 6) is 0. The highest BCUT2D eigenvalue weighted by atomic mass is 32.2. The van der Waals surface area contributed by atoms with E-state index in [0.717, 1.165) is 23.9 Å². The number of sulfonamides is 1. The fourth-order valence-electron chi connectivity index (χ4n) is 3.51. The topological polar surface area (TPSA) is 94.1 Å². The molecule has 1 aromatic carbocycles. The van der Waals surface area contributed by atoms with Crippen molar-refractivity contribution in [3.8, 4) is 6.01 Å². The standard InChI is InChI=1S/C20H22N4O3S/c1-14-6-7-15-4-2-5-18(19(15)23-14)28(25,26)24-16-8-10-17(11-9-16)27-20-21-12-3-13-22-20/h2-7,12-13,16-17,24H,8-11H2,1H3. The van der Waals surface area contributed by atoms with Crippen LogP contribution in [0.5, 0.6) is 6.01 Å². The zero-order chi connectivity index (χ0) is 19.6. The Morgan fingerprint density at radius 3 is 2.50 bits per heavy atom. The zero-order valence-electron chi connectivity index (χ0n) is 15.6. The number of pyridine rings is 1. The van der Waals surface area contributed by atoms with E-state index < -0.39 is 10.0 Å². The van der Waals surface area contributed by atoms with Crippen LogP contribution in [0, 0.1) is 6.92 Å². The summed E-state index contributed by atoms with van der Waals surface area (Å²) < 4.78 is 34.6. The molecule has 0 bridgehead atoms. The molecule has 0 amide bonds. The summed E-state index contributed by atoms with van der Waals surface area (Å²) in [4.78, 5) is 12.8. The first-order valence-corrected chi connectivity index (χ1v) is 10.8. The molecule has 2 aromatic heterocycles. The van der Waals surface area contributed by atoms with Crippen LogP contribution in [0.2, 0.25) is 0 Å². The number of fused-ring (bicyclic) bond motifs is 1. The van der Waals surface area contributed by atoms with Crippen molar-refractivity contribution in [1.29, 1.82) is 0 Å². The van der Waals surface area contributed by atoms with Crippen molar-refractivity contribution in [2.45, 2.75) is 49.6 Å². The molecule has 0 spiro atoms. The largest absolute Gasteiger partial charge is 0.460 e. The number of aromatic nitrogens is 3. The van der Waals surface area contributed by atoms with E-state index in [1.54, 1.807) is 30.6 Å². The maximum atomic E-state index is 13.0. The van der Waals surface area contributed by atoms with Crippen LogP contribution in [0.1, 0.15) is 31.4 Å². The van der Waals surface area contributed by atoms with Gasteiger partial charge in [-0.25, -0.2) is 23.1 Å². The maximum Gasteiger partial charge on any atom is 0.316 e. The first kappa shape index (κ1) is 18.8. The van der Waals surface area contributed by atoms with Crippen LogP contribution in [0.4, 0.5) is 0 Å². The molecule has 28 heavy (non-hydrogen) atoms. The fraction of sp³-hybridized carbons (Fsp3) is 0.350. The highest BCUT2D eigenvalue weighted by Crippen LogP contribution is 2.26. The molecule has 8 heteroatoms. The van der Waals surface area contributed by atoms with Crippen molar-refractivity contribution in [3.63, 3.8) is 0 Å². The van der Waals surface area contributed by atoms with Crippen molar-refractivity contribution in [3.05, 3.63) is 54.5 Å². The van der Waals surface area contributed by atoms with E-state index in [2.05, 4.69) is 19.7 Å². The Balaban J connectivity index is 1.44. The van der Waals surface area contributed by atoms with Crippen LogP contribution in [0.3, 0.4) is 0 Å². The summed E-state index contributed by atoms with van der Waals surface area (Å²) in [6.07, 6.45) is 6.19. The molecule has 0 saturated heterocycles. The van der Waals surface area contributed by atoms with E-state index in [9.17, 15) is 8.42 Å². The molecule has 0 aliphatic heterocycles. The third kappa shape index (κ3) is 4.13. The zero-order valence-corrected chi connectivity index (χ0v) is 16.4. The molecule has 1 fully saturated rings. The normalized spacial score (nSPS) is 20.2. The Labute approximate surface area is 164 Å². The number of hydrogen-bond acceptors (Lipinski definition) is 6. The average Bonchev–Trinajstić information content (AvgIpc) is 2.69. The van der Waals surface area contributed by atoms with E-state index in [-0.39, 0.29) is 17.0 Å². The van der Waals surface area contributed by atoms with Crippen molar-refractivity contribution >= 4 is 20.9 Å². The molecule has 1 N–H and O–H groups in total. The molecule has 1 aliphatic rings. The second-order valence-electron chi connectivity index (χ2n) is 7.02. The molecule has 0 radical (unpaired) electrons. The lowest BCUT2D eigenvalue weighted by Crippen LogP contribution is -2.39. The minimum absolute atomic E-state index is 0.00465. The van der Waals surface area contributed by atoms with Gasteiger partial charge in [0.15, 0.2) is 0 Å². The Kier molecular flexibility index (Phi) is 5.23. The van der Waals surface area contributed by atoms with E-state index in [4.69, 9.17) is 4.74 Å². The van der Waals surface area contributed by atoms with Gasteiger partial charge >= 0.3 is 6.01 Å². The third-order valence-corrected chi connectivity index (χ3v) is 6.47. The second kappa shape index (κ2) is 7.81. The summed E-state index contributed by atoms with van der Waals surface area (Å²) in [6, 6.07) is 11.0. The van der Waals surface area contributed by atoms with Gasteiger partial charge < -0.3 is 4.74 Å². The molecule has 1 aliphatic carbocycles. The van der Waals surface area contributed by atoms with Crippen LogP contribution in [0.15, 0.2) is 53.7 Å². The molecule has 3 aromatic rings. The van der Waals surface area contributed by atoms with Crippen molar-refractivity contribution in [2.75, 3.05) is 0 Å². The lowest BCUT2D eigenvalue weighted by atomic mass is 9.94. The molecule has 2 heterocycles. The summed E-state index contributed by atoms with van der Waals surface area (Å²) in [5.41, 5.74) is 1.30. The Bertz CT molecular complexity index is 1070. The number of nitrogens with zero attached hydrogens (tertiary/aromatic N) is 3. The summed E-state index contributed by atoms with van der Waals surface area (Å²) >= 11 is 0. The quantitative estimate of drug-likeness (QED) is 0.710. The molecule has 1 saturated carbocycles. The predicted octanol–water partition coefficient (Wildman–Crippen LogP) is 3.00. The van der Waals surface area contributed by atoms with Gasteiger partial charge in [-0.1, -0.05) is 18.2 Å². The number of nitrogens with one attached hydrogen (secondary N) is 1. The molecule has 0 unspecified atom stereocenters. The Morgan fingerprint density at radius 1 is 1.00 bits per heavy atom. The monoisotopic (exact) mass is 398 g/mol. The van der Waals surface area contributed by atoms with Crippen LogP contribution in [-0.4, -0.2) is 35.5 Å². The Morgan fingerprint density at radius 2 is 1.75 bits per heavy atom. The summed E-state index contributed by atoms with van der Waals surface area (Å²) in [7, 11) is -3.66. The number of rotatable bonds is 5. The minimum atomic E-state index is -3.66. The highest BCUT2D eigenvalue weighted by molar-refractivity contribution is 7.89. The van der Waals surface area contributed by atoms with E-state index >= 15 is 0 Å². The van der Waals surface area contributed by atoms with Crippen LogP contribution >= 0.6 is 0 Å². The van der Waals surface area contributed by atoms with Gasteiger partial charge in [-0.2, -0.15) is 0 Å². The van der Waals surface area contributed by atoms with E-state index in [0.29, 0.717) is 24.4 Å². The number of aryl methyl sites for hydroxylation is 1. The predicted molar refractivity (Wildman–Crippen MR) is 106 cm³/mol. The highest BCUT2D eigenvalue weighted by Gasteiger charge is 2.28. The minimum Gasteiger partial charge on any atom is -0.460 e. The van der Waals surface area contributed by atoms with Gasteiger partial charge in [0.25, 0.3) is 0 Å². The molecule has 7 nitrogen and oxygen atoms in total. The molecule has 0 atom stereocenters. The third-order valence-electron chi connectivity index (χ3n) is 4.92. The summed E-state index contributed by atoms with van der Waals surface area (Å²) in [6.45, 7) is 1.86. The number of ether oxygens (including phenoxy) is 1. The first-order valence-electron chi connectivity index (χ1n) is 9.34. The van der Waals surface area contributed by atoms with Gasteiger partial charge in [-0.15, -0.1) is 0 Å². The molecular weight excluding hydrogens is 376 g/mol. The number of benzene rings is 1. The second-order valence-corrected chi connectivity index (χ2v) is 8.71. The van der Waals surface area contributed by atoms with Gasteiger partial charge in [-0.05, 0) is 50.8 Å². The first-order chi connectivity index (χ1) is 13.5. The lowest BCUT2D eigenvalue weighted by molar-refractivity contribution is 0.132. The van der Waals surface area contributed by atoms with Gasteiger partial charge in [0.1, 0.15) is 11.0 Å². The fourth-order valence-corrected chi connectivity index (χ4v) is 4.99. The van der Waals surface area contributed by atoms with E-state index in [1.165, 1.54) is 0 Å². The van der Waals surface area contributed by atoms with Crippen LogP contribution in [-0.2, 0) is 10.0 Å². The van der Waals surface area contributed by atoms with Gasteiger partial charge in [0, 0.05) is 29.5 Å². The van der Waals surface area contributed by atoms with Crippen molar-refractivity contribution < 1.29 is 13.2 Å². The summed E-state index contributed by atoms with van der Waals surface area (Å²) in [5, 5.41) is 0.813. The van der Waals surface area contributed by atoms with Crippen LogP contribution in [0.25, 0.3) is 10.9 Å². The maximum absolute atomic E-state index is 13.0. The van der Waals surface area contributed by atoms with Gasteiger partial charge in [0.05, 0.1) is 5.52 Å². The van der Waals surface area contributed by atoms with E-state index in [1.807, 2.05) is 25.1 Å². The molecular formula is C20H22N4O3S. The van der Waals surface area contributed by atoms with Gasteiger partial charge in [-0.3, -0.25) is 4.98 Å². The SMILES string of the molecule is Cc1ccc2cccc(S(=O)(=O)NC3CCC(Oc4ncccn4)CC3)c2n1. The lowest BCUT2D eigenvalue weighted by Gasteiger charge is -2.28. The van der Waals surface area contributed by atoms with Crippen LogP contribution < -0.4 is 9.46 Å². The molecule has 4 rings (SSSR count). The molecule has 146 valence electrons. The number of hydrogen-bond donors (Lipinski definition) is 1. The number of para-hydroxylation sites is 1.